The third-order valence-electron chi connectivity index (χ3n) is 2.54. The van der Waals surface area contributed by atoms with Crippen LogP contribution < -0.4 is 5.73 Å². The highest BCUT2D eigenvalue weighted by Crippen LogP contribution is 2.14. The van der Waals surface area contributed by atoms with E-state index >= 15 is 0 Å². The number of rotatable bonds is 6. The van der Waals surface area contributed by atoms with E-state index in [0.717, 1.165) is 0 Å². The summed E-state index contributed by atoms with van der Waals surface area (Å²) < 4.78 is 5.22. The van der Waals surface area contributed by atoms with Gasteiger partial charge >= 0.3 is 0 Å². The molecule has 0 rings (SSSR count). The van der Waals surface area contributed by atoms with Crippen molar-refractivity contribution in [2.24, 2.45) is 11.7 Å². The van der Waals surface area contributed by atoms with Gasteiger partial charge in [-0.15, -0.1) is 0 Å². The largest absolute Gasteiger partial charge is 0.378 e. The highest BCUT2D eigenvalue weighted by atomic mass is 16.5. The molecule has 0 saturated heterocycles. The highest BCUT2D eigenvalue weighted by Gasteiger charge is 2.23. The van der Waals surface area contributed by atoms with Gasteiger partial charge in [0.15, 0.2) is 0 Å². The van der Waals surface area contributed by atoms with Crippen molar-refractivity contribution in [3.63, 3.8) is 0 Å². The standard InChI is InChI=1S/C11H24N2O2/c1-9(7-12)8-13(4)10(14)6-11(2,3)15-5/h9H,6-8,12H2,1-5H3. The van der Waals surface area contributed by atoms with Crippen molar-refractivity contribution in [2.75, 3.05) is 27.2 Å². The lowest BCUT2D eigenvalue weighted by atomic mass is 10.0. The third-order valence-corrected chi connectivity index (χ3v) is 2.54. The van der Waals surface area contributed by atoms with E-state index in [1.807, 2.05) is 20.8 Å². The van der Waals surface area contributed by atoms with Crippen molar-refractivity contribution in [1.82, 2.24) is 4.90 Å². The Bertz CT molecular complexity index is 205. The van der Waals surface area contributed by atoms with Crippen LogP contribution in [0.5, 0.6) is 0 Å². The number of carbonyl (C=O) groups excluding carboxylic acids is 1. The lowest BCUT2D eigenvalue weighted by Gasteiger charge is -2.27. The van der Waals surface area contributed by atoms with Crippen LogP contribution in [0.4, 0.5) is 0 Å². The Morgan fingerprint density at radius 3 is 2.47 bits per heavy atom. The van der Waals surface area contributed by atoms with E-state index in [9.17, 15) is 4.79 Å². The molecule has 4 heteroatoms. The molecule has 1 atom stereocenters. The average molecular weight is 216 g/mol. The van der Waals surface area contributed by atoms with Crippen LogP contribution in [0.15, 0.2) is 0 Å². The Balaban J connectivity index is 4.10. The molecule has 15 heavy (non-hydrogen) atoms. The maximum atomic E-state index is 11.8. The first kappa shape index (κ1) is 14.4. The van der Waals surface area contributed by atoms with Crippen LogP contribution in [0.2, 0.25) is 0 Å². The second kappa shape index (κ2) is 6.08. The summed E-state index contributed by atoms with van der Waals surface area (Å²) in [5.74, 6) is 0.437. The van der Waals surface area contributed by atoms with Crippen molar-refractivity contribution >= 4 is 5.91 Å². The zero-order chi connectivity index (χ0) is 12.1. The van der Waals surface area contributed by atoms with Gasteiger partial charge in [-0.25, -0.2) is 0 Å². The second-order valence-corrected chi connectivity index (χ2v) is 4.76. The Labute approximate surface area is 92.8 Å². The minimum absolute atomic E-state index is 0.0992. The van der Waals surface area contributed by atoms with E-state index in [1.165, 1.54) is 0 Å². The molecule has 0 aliphatic heterocycles. The summed E-state index contributed by atoms with van der Waals surface area (Å²) >= 11 is 0. The van der Waals surface area contributed by atoms with Gasteiger partial charge in [0.1, 0.15) is 0 Å². The molecule has 0 aliphatic carbocycles. The van der Waals surface area contributed by atoms with Crippen LogP contribution in [-0.2, 0) is 9.53 Å². The third kappa shape index (κ3) is 5.74. The predicted molar refractivity (Wildman–Crippen MR) is 61.6 cm³/mol. The molecule has 0 aromatic heterocycles. The van der Waals surface area contributed by atoms with Gasteiger partial charge in [-0.3, -0.25) is 4.79 Å². The van der Waals surface area contributed by atoms with Gasteiger partial charge in [-0.05, 0) is 26.3 Å². The quantitative estimate of drug-likeness (QED) is 0.716. The van der Waals surface area contributed by atoms with E-state index in [0.29, 0.717) is 25.4 Å². The normalized spacial score (nSPS) is 13.7. The second-order valence-electron chi connectivity index (χ2n) is 4.76. The summed E-state index contributed by atoms with van der Waals surface area (Å²) in [6.45, 7) is 7.15. The Hall–Kier alpha value is -0.610. The fourth-order valence-corrected chi connectivity index (χ4v) is 1.22. The van der Waals surface area contributed by atoms with E-state index in [-0.39, 0.29) is 5.91 Å². The number of nitrogens with two attached hydrogens (primary N) is 1. The van der Waals surface area contributed by atoms with Crippen LogP contribution in [-0.4, -0.2) is 43.7 Å². The summed E-state index contributed by atoms with van der Waals surface area (Å²) in [5.41, 5.74) is 5.12. The maximum absolute atomic E-state index is 11.8. The van der Waals surface area contributed by atoms with Crippen molar-refractivity contribution < 1.29 is 9.53 Å². The fourth-order valence-electron chi connectivity index (χ4n) is 1.22. The molecule has 0 aromatic rings. The number of ether oxygens (including phenoxy) is 1. The smallest absolute Gasteiger partial charge is 0.225 e. The molecule has 0 fully saturated rings. The minimum atomic E-state index is -0.392. The van der Waals surface area contributed by atoms with Gasteiger partial charge < -0.3 is 15.4 Å². The molecule has 0 bridgehead atoms. The topological polar surface area (TPSA) is 55.6 Å². The lowest BCUT2D eigenvalue weighted by molar-refractivity contribution is -0.135. The van der Waals surface area contributed by atoms with Gasteiger partial charge in [0, 0.05) is 20.7 Å². The molecule has 0 spiro atoms. The Kier molecular flexibility index (Phi) is 5.83. The molecule has 0 heterocycles. The maximum Gasteiger partial charge on any atom is 0.225 e. The first-order chi connectivity index (χ1) is 6.82. The van der Waals surface area contributed by atoms with Crippen LogP contribution in [0.25, 0.3) is 0 Å². The predicted octanol–water partition coefficient (Wildman–Crippen LogP) is 0.855. The van der Waals surface area contributed by atoms with E-state index in [2.05, 4.69) is 0 Å². The first-order valence-corrected chi connectivity index (χ1v) is 5.31. The monoisotopic (exact) mass is 216 g/mol. The van der Waals surface area contributed by atoms with E-state index < -0.39 is 5.60 Å². The number of methoxy groups -OCH3 is 1. The molecule has 0 radical (unpaired) electrons. The van der Waals surface area contributed by atoms with Crippen LogP contribution in [0.3, 0.4) is 0 Å². The number of amides is 1. The van der Waals surface area contributed by atoms with Gasteiger partial charge in [0.05, 0.1) is 12.0 Å². The molecule has 1 unspecified atom stereocenters. The van der Waals surface area contributed by atoms with Crippen LogP contribution in [0.1, 0.15) is 27.2 Å². The number of carbonyl (C=O) groups is 1. The van der Waals surface area contributed by atoms with Crippen molar-refractivity contribution in [2.45, 2.75) is 32.8 Å². The Morgan fingerprint density at radius 1 is 1.53 bits per heavy atom. The highest BCUT2D eigenvalue weighted by molar-refractivity contribution is 5.76. The molecule has 0 aromatic carbocycles. The van der Waals surface area contributed by atoms with Crippen molar-refractivity contribution in [3.05, 3.63) is 0 Å². The molecule has 90 valence electrons. The zero-order valence-electron chi connectivity index (χ0n) is 10.5. The first-order valence-electron chi connectivity index (χ1n) is 5.31. The lowest BCUT2D eigenvalue weighted by Crippen LogP contribution is -2.38. The number of hydrogen-bond acceptors (Lipinski definition) is 3. The Morgan fingerprint density at radius 2 is 2.07 bits per heavy atom. The van der Waals surface area contributed by atoms with Crippen molar-refractivity contribution in [3.8, 4) is 0 Å². The zero-order valence-corrected chi connectivity index (χ0v) is 10.5. The number of hydrogen-bond donors (Lipinski definition) is 1. The van der Waals surface area contributed by atoms with Gasteiger partial charge in [-0.2, -0.15) is 0 Å². The summed E-state index contributed by atoms with van der Waals surface area (Å²) in [7, 11) is 3.43. The average Bonchev–Trinajstić information content (AvgIpc) is 2.16. The van der Waals surface area contributed by atoms with Gasteiger partial charge in [0.2, 0.25) is 5.91 Å². The van der Waals surface area contributed by atoms with E-state index in [1.54, 1.807) is 19.1 Å². The molecule has 0 saturated carbocycles. The number of nitrogens with zero attached hydrogens (tertiary/aromatic N) is 1. The van der Waals surface area contributed by atoms with Crippen molar-refractivity contribution in [1.29, 1.82) is 0 Å². The van der Waals surface area contributed by atoms with Crippen LogP contribution in [0, 0.1) is 5.92 Å². The molecule has 4 nitrogen and oxygen atoms in total. The summed E-state index contributed by atoms with van der Waals surface area (Å²) in [6.07, 6.45) is 0.400. The molecular weight excluding hydrogens is 192 g/mol. The SMILES string of the molecule is COC(C)(C)CC(=O)N(C)CC(C)CN. The molecular formula is C11H24N2O2. The molecule has 2 N–H and O–H groups in total. The fraction of sp³-hybridized carbons (Fsp3) is 0.909. The molecule has 0 aliphatic rings. The minimum Gasteiger partial charge on any atom is -0.378 e. The van der Waals surface area contributed by atoms with E-state index in [4.69, 9.17) is 10.5 Å². The van der Waals surface area contributed by atoms with Gasteiger partial charge in [0.25, 0.3) is 0 Å². The van der Waals surface area contributed by atoms with Gasteiger partial charge in [-0.1, -0.05) is 6.92 Å². The molecule has 1 amide bonds. The summed E-state index contributed by atoms with van der Waals surface area (Å²) in [5, 5.41) is 0. The summed E-state index contributed by atoms with van der Waals surface area (Å²) in [6, 6.07) is 0. The van der Waals surface area contributed by atoms with Crippen LogP contribution >= 0.6 is 0 Å². The summed E-state index contributed by atoms with van der Waals surface area (Å²) in [4.78, 5) is 13.5.